The van der Waals surface area contributed by atoms with Crippen LogP contribution in [-0.4, -0.2) is 104 Å². The third-order valence-corrected chi connectivity index (χ3v) is 14.1. The number of aromatic nitrogens is 5. The molecule has 0 spiro atoms. The molecule has 3 N–H and O–H groups in total. The summed E-state index contributed by atoms with van der Waals surface area (Å²) >= 11 is 2.57. The summed E-state index contributed by atoms with van der Waals surface area (Å²) < 4.78 is 7.47. The first-order valence-corrected chi connectivity index (χ1v) is 20.8. The van der Waals surface area contributed by atoms with Crippen molar-refractivity contribution in [2.75, 3.05) is 48.8 Å². The van der Waals surface area contributed by atoms with E-state index >= 15 is 0 Å². The molecule has 5 fully saturated rings. The van der Waals surface area contributed by atoms with Gasteiger partial charge in [-0.05, 0) is 79.3 Å². The van der Waals surface area contributed by atoms with Crippen molar-refractivity contribution in [3.05, 3.63) is 71.4 Å². The number of para-hydroxylation sites is 1. The second-order valence-electron chi connectivity index (χ2n) is 16.0. The number of fused-ring (bicyclic) bond motifs is 5. The summed E-state index contributed by atoms with van der Waals surface area (Å²) in [7, 11) is 2.11. The minimum Gasteiger partial charge on any atom is -0.374 e. The predicted octanol–water partition coefficient (Wildman–Crippen LogP) is 4.84. The lowest BCUT2D eigenvalue weighted by Gasteiger charge is -2.47. The Labute approximate surface area is 338 Å². The molecule has 290 valence electrons. The monoisotopic (exact) mass is 869 g/mol. The van der Waals surface area contributed by atoms with Gasteiger partial charge in [0.15, 0.2) is 11.5 Å². The number of nitrogens with zero attached hydrogens (tertiary/aromatic N) is 8. The van der Waals surface area contributed by atoms with Gasteiger partial charge in [-0.25, -0.2) is 4.98 Å². The number of morpholine rings is 1. The van der Waals surface area contributed by atoms with Gasteiger partial charge >= 0.3 is 0 Å². The number of pyridine rings is 1. The normalized spacial score (nSPS) is 24.1. The number of nitrogens with one attached hydrogen (secondary N) is 3. The summed E-state index contributed by atoms with van der Waals surface area (Å²) in [5.74, 6) is -0.0700. The molecular formula is C40H44IN11O4. The van der Waals surface area contributed by atoms with Crippen molar-refractivity contribution < 1.29 is 19.1 Å². The first-order chi connectivity index (χ1) is 27.2. The number of carbonyl (C=O) groups excluding carboxylic acids is 3. The predicted molar refractivity (Wildman–Crippen MR) is 217 cm³/mol. The minimum absolute atomic E-state index is 0.00176. The highest BCUT2D eigenvalue weighted by atomic mass is 127. The van der Waals surface area contributed by atoms with Crippen molar-refractivity contribution in [3.63, 3.8) is 0 Å². The number of benzene rings is 1. The number of hydrogen-bond acceptors (Lipinski definition) is 11. The average Bonchev–Trinajstić information content (AvgIpc) is 4.08. The number of hydrogen-bond donors (Lipinski definition) is 3. The lowest BCUT2D eigenvalue weighted by atomic mass is 9.91. The highest BCUT2D eigenvalue weighted by Crippen LogP contribution is 2.55. The smallest absolute Gasteiger partial charge is 0.274 e. The number of ether oxygens (including phenoxy) is 1. The minimum atomic E-state index is -0.433. The largest absolute Gasteiger partial charge is 0.374 e. The van der Waals surface area contributed by atoms with Crippen LogP contribution in [0.15, 0.2) is 48.7 Å². The second-order valence-corrected chi connectivity index (χ2v) is 17.8. The lowest BCUT2D eigenvalue weighted by molar-refractivity contribution is -0.117. The maximum Gasteiger partial charge on any atom is 0.274 e. The molecule has 16 heteroatoms. The Morgan fingerprint density at radius 1 is 0.982 bits per heavy atom. The fourth-order valence-corrected chi connectivity index (χ4v) is 9.41. The molecule has 4 aromatic rings. The Morgan fingerprint density at radius 3 is 2.54 bits per heavy atom. The fraction of sp³-hybridized carbons (Fsp3) is 0.475. The number of amides is 3. The molecule has 15 nitrogen and oxygen atoms in total. The third kappa shape index (κ3) is 6.29. The van der Waals surface area contributed by atoms with Gasteiger partial charge in [-0.3, -0.25) is 24.0 Å². The summed E-state index contributed by atoms with van der Waals surface area (Å²) in [6, 6.07) is 14.1. The van der Waals surface area contributed by atoms with E-state index in [1.807, 2.05) is 41.4 Å². The molecule has 3 atom stereocenters. The van der Waals surface area contributed by atoms with Gasteiger partial charge in [0.05, 0.1) is 59.4 Å². The molecule has 6 aliphatic rings. The van der Waals surface area contributed by atoms with Gasteiger partial charge in [0.2, 0.25) is 5.91 Å². The summed E-state index contributed by atoms with van der Waals surface area (Å²) in [5, 5.41) is 23.0. The molecule has 2 saturated carbocycles. The number of alkyl halides is 1. The topological polar surface area (TPSA) is 163 Å². The fourth-order valence-electron chi connectivity index (χ4n) is 8.64. The van der Waals surface area contributed by atoms with Crippen molar-refractivity contribution >= 4 is 63.2 Å². The van der Waals surface area contributed by atoms with E-state index in [0.29, 0.717) is 36.9 Å². The molecule has 1 aromatic carbocycles. The van der Waals surface area contributed by atoms with E-state index in [0.717, 1.165) is 85.5 Å². The van der Waals surface area contributed by atoms with Crippen LogP contribution in [0.5, 0.6) is 0 Å². The van der Waals surface area contributed by atoms with Crippen LogP contribution in [0.1, 0.15) is 83.9 Å². The summed E-state index contributed by atoms with van der Waals surface area (Å²) in [6.07, 6.45) is 7.50. The molecule has 56 heavy (non-hydrogen) atoms. The number of rotatable bonds is 11. The van der Waals surface area contributed by atoms with E-state index in [9.17, 15) is 14.4 Å². The van der Waals surface area contributed by atoms with Crippen molar-refractivity contribution in [1.82, 2.24) is 40.1 Å². The molecule has 3 aromatic heterocycles. The van der Waals surface area contributed by atoms with Crippen LogP contribution in [0.25, 0.3) is 11.1 Å². The van der Waals surface area contributed by atoms with E-state index in [4.69, 9.17) is 14.8 Å². The zero-order chi connectivity index (χ0) is 38.3. The summed E-state index contributed by atoms with van der Waals surface area (Å²) in [4.78, 5) is 50.7. The Kier molecular flexibility index (Phi) is 8.77. The van der Waals surface area contributed by atoms with Crippen LogP contribution in [0.3, 0.4) is 0 Å². The van der Waals surface area contributed by atoms with E-state index in [1.165, 1.54) is 0 Å². The standard InChI is InChI=1S/C40H44IN11O4/c1-3-40(41)36-29(16-42-52(36)26-18-50(19-26)17-24-6-4-9-31(43-24)39(55)51-20-27-14-25(51)21-56-27)28-7-5-8-30(35(28)49(40)2)45-32-15-33(46-37(53)22-10-11-22)47-48-34(32)38(54)44-23-12-13-23/h4-9,15-16,22-23,25-27H,3,10-14,17-21H2,1-2H3,(H,44,54)(H2,45,46,47,53)/t25-,27-,40+/m1/s1. The van der Waals surface area contributed by atoms with Gasteiger partial charge in [-0.2, -0.15) is 5.10 Å². The zero-order valence-corrected chi connectivity index (χ0v) is 33.5. The average molecular weight is 870 g/mol. The van der Waals surface area contributed by atoms with E-state index in [-0.39, 0.29) is 53.6 Å². The highest BCUT2D eigenvalue weighted by Gasteiger charge is 2.46. The number of carbonyl (C=O) groups is 3. The van der Waals surface area contributed by atoms with Gasteiger partial charge < -0.3 is 30.5 Å². The van der Waals surface area contributed by atoms with Gasteiger partial charge in [0.1, 0.15) is 9.24 Å². The molecule has 3 amide bonds. The van der Waals surface area contributed by atoms with Gasteiger partial charge in [-0.15, -0.1) is 10.2 Å². The van der Waals surface area contributed by atoms with Crippen LogP contribution >= 0.6 is 22.6 Å². The molecule has 4 aliphatic heterocycles. The van der Waals surface area contributed by atoms with Crippen molar-refractivity contribution in [2.24, 2.45) is 5.92 Å². The van der Waals surface area contributed by atoms with Gasteiger partial charge in [-0.1, -0.05) is 25.1 Å². The molecule has 7 heterocycles. The lowest BCUT2D eigenvalue weighted by Crippen LogP contribution is -2.50. The molecule has 2 bridgehead atoms. The van der Waals surface area contributed by atoms with Crippen LogP contribution < -0.4 is 20.9 Å². The highest BCUT2D eigenvalue weighted by molar-refractivity contribution is 14.1. The number of likely N-dealkylation sites (tertiary alicyclic amines) is 2. The maximum atomic E-state index is 13.4. The SMILES string of the molecule is CC[C@@]1(I)c2c(cnn2C2CN(Cc3cccc(C(=O)N4C[C@H]5C[C@@H]4CO5)n3)C2)-c2cccc(Nc3cc(NC(=O)C4CC4)nnc3C(=O)NC3CC3)c2N1C. The first-order valence-electron chi connectivity index (χ1n) is 19.7. The Balaban J connectivity index is 0.900. The van der Waals surface area contributed by atoms with Crippen molar-refractivity contribution in [2.45, 2.75) is 79.8 Å². The molecular weight excluding hydrogens is 825 g/mol. The zero-order valence-electron chi connectivity index (χ0n) is 31.4. The Hall–Kier alpha value is -4.68. The van der Waals surface area contributed by atoms with Crippen LogP contribution in [-0.2, 0) is 19.6 Å². The van der Waals surface area contributed by atoms with E-state index in [2.05, 4.69) is 83.3 Å². The van der Waals surface area contributed by atoms with E-state index < -0.39 is 3.55 Å². The molecule has 10 rings (SSSR count). The number of halogens is 1. The maximum absolute atomic E-state index is 13.4. The van der Waals surface area contributed by atoms with Gasteiger partial charge in [0, 0.05) is 62.4 Å². The molecule has 0 radical (unpaired) electrons. The Bertz CT molecular complexity index is 2250. The quantitative estimate of drug-likeness (QED) is 0.108. The van der Waals surface area contributed by atoms with Crippen LogP contribution in [0.4, 0.5) is 22.9 Å². The first kappa shape index (κ1) is 35.7. The Morgan fingerprint density at radius 2 is 1.80 bits per heavy atom. The van der Waals surface area contributed by atoms with Crippen molar-refractivity contribution in [3.8, 4) is 11.1 Å². The van der Waals surface area contributed by atoms with Gasteiger partial charge in [0.25, 0.3) is 11.8 Å². The van der Waals surface area contributed by atoms with Crippen LogP contribution in [0.2, 0.25) is 0 Å². The van der Waals surface area contributed by atoms with Crippen molar-refractivity contribution in [1.29, 1.82) is 0 Å². The summed E-state index contributed by atoms with van der Waals surface area (Å²) in [5.41, 5.74) is 7.09. The third-order valence-electron chi connectivity index (χ3n) is 12.1. The van der Waals surface area contributed by atoms with E-state index in [1.54, 1.807) is 6.07 Å². The molecule has 2 aliphatic carbocycles. The van der Waals surface area contributed by atoms with Crippen LogP contribution in [0, 0.1) is 5.92 Å². The summed E-state index contributed by atoms with van der Waals surface area (Å²) in [6.45, 7) is 5.75. The number of anilines is 4. The second kappa shape index (κ2) is 13.8. The molecule has 0 unspecified atom stereocenters. The molecule has 3 saturated heterocycles.